The number of amides is 3. The number of methoxy groups -OCH3 is 1. The van der Waals surface area contributed by atoms with Crippen molar-refractivity contribution in [2.75, 3.05) is 7.11 Å². The molecule has 0 atom stereocenters. The molecule has 22 heavy (non-hydrogen) atoms. The third-order valence-corrected chi connectivity index (χ3v) is 3.26. The molecule has 8 heteroatoms. The summed E-state index contributed by atoms with van der Waals surface area (Å²) in [6, 6.07) is 4.96. The average Bonchev–Trinajstić information content (AvgIpc) is 3.29. The number of carbonyl (C=O) groups is 3. The van der Waals surface area contributed by atoms with E-state index in [-0.39, 0.29) is 12.5 Å². The zero-order chi connectivity index (χ0) is 16.1. The van der Waals surface area contributed by atoms with Gasteiger partial charge in [-0.1, -0.05) is 11.6 Å². The minimum absolute atomic E-state index is 0.0474. The monoisotopic (exact) mass is 325 g/mol. The number of nitrogens with one attached hydrogen (secondary N) is 3. The first-order valence-electron chi connectivity index (χ1n) is 6.71. The predicted octanol–water partition coefficient (Wildman–Crippen LogP) is 0.317. The maximum atomic E-state index is 11.8. The number of carbonyl (C=O) groups excluding carboxylic acids is 3. The van der Waals surface area contributed by atoms with E-state index in [1.54, 1.807) is 18.2 Å². The van der Waals surface area contributed by atoms with Crippen LogP contribution in [-0.4, -0.2) is 30.9 Å². The van der Waals surface area contributed by atoms with Gasteiger partial charge < -0.3 is 10.1 Å². The molecule has 118 valence electrons. The normalized spacial score (nSPS) is 13.2. The van der Waals surface area contributed by atoms with E-state index >= 15 is 0 Å². The highest BCUT2D eigenvalue weighted by Gasteiger charge is 2.26. The van der Waals surface area contributed by atoms with Gasteiger partial charge >= 0.3 is 11.8 Å². The molecule has 1 aromatic rings. The average molecular weight is 326 g/mol. The Morgan fingerprint density at radius 1 is 1.23 bits per heavy atom. The Morgan fingerprint density at radius 2 is 1.95 bits per heavy atom. The van der Waals surface area contributed by atoms with E-state index in [9.17, 15) is 14.4 Å². The summed E-state index contributed by atoms with van der Waals surface area (Å²) >= 11 is 5.87. The molecule has 0 saturated heterocycles. The molecule has 0 bridgehead atoms. The Labute approximate surface area is 132 Å². The standard InChI is InChI=1S/C14H16ClN3O4/c1-22-11-5-2-9(15)6-8(11)7-12(19)17-18-14(21)13(20)16-10-3-4-10/h2,5-6,10H,3-4,7H2,1H3,(H,16,20)(H,17,19)(H,18,21). The lowest BCUT2D eigenvalue weighted by molar-refractivity contribution is -0.140. The van der Waals surface area contributed by atoms with Crippen molar-refractivity contribution in [2.45, 2.75) is 25.3 Å². The largest absolute Gasteiger partial charge is 0.496 e. The van der Waals surface area contributed by atoms with E-state index in [0.717, 1.165) is 12.8 Å². The van der Waals surface area contributed by atoms with Crippen LogP contribution in [0.15, 0.2) is 18.2 Å². The number of halogens is 1. The van der Waals surface area contributed by atoms with Crippen molar-refractivity contribution < 1.29 is 19.1 Å². The number of ether oxygens (including phenoxy) is 1. The van der Waals surface area contributed by atoms with Crippen molar-refractivity contribution in [3.05, 3.63) is 28.8 Å². The van der Waals surface area contributed by atoms with Crippen LogP contribution < -0.4 is 20.9 Å². The van der Waals surface area contributed by atoms with Gasteiger partial charge in [-0.25, -0.2) is 0 Å². The summed E-state index contributed by atoms with van der Waals surface area (Å²) in [5, 5.41) is 2.98. The van der Waals surface area contributed by atoms with Crippen LogP contribution in [-0.2, 0) is 20.8 Å². The van der Waals surface area contributed by atoms with Crippen molar-refractivity contribution in [2.24, 2.45) is 0 Å². The molecule has 1 saturated carbocycles. The Balaban J connectivity index is 1.83. The van der Waals surface area contributed by atoms with E-state index in [4.69, 9.17) is 16.3 Å². The van der Waals surface area contributed by atoms with Crippen molar-refractivity contribution in [1.29, 1.82) is 0 Å². The maximum Gasteiger partial charge on any atom is 0.327 e. The number of hydrazine groups is 1. The van der Waals surface area contributed by atoms with E-state index in [2.05, 4.69) is 16.2 Å². The number of rotatable bonds is 4. The molecule has 3 N–H and O–H groups in total. The Morgan fingerprint density at radius 3 is 2.59 bits per heavy atom. The molecular weight excluding hydrogens is 310 g/mol. The molecule has 3 amide bonds. The first-order valence-corrected chi connectivity index (χ1v) is 7.09. The number of hydrogen-bond donors (Lipinski definition) is 3. The molecular formula is C14H16ClN3O4. The highest BCUT2D eigenvalue weighted by Crippen LogP contribution is 2.22. The van der Waals surface area contributed by atoms with Gasteiger partial charge in [0.1, 0.15) is 5.75 Å². The van der Waals surface area contributed by atoms with Gasteiger partial charge in [0.25, 0.3) is 0 Å². The highest BCUT2D eigenvalue weighted by molar-refractivity contribution is 6.35. The third-order valence-electron chi connectivity index (χ3n) is 3.03. The van der Waals surface area contributed by atoms with Gasteiger partial charge in [0.2, 0.25) is 5.91 Å². The molecule has 0 spiro atoms. The summed E-state index contributed by atoms with van der Waals surface area (Å²) in [7, 11) is 1.48. The zero-order valence-electron chi connectivity index (χ0n) is 11.9. The van der Waals surface area contributed by atoms with Crippen LogP contribution in [0.2, 0.25) is 5.02 Å². The van der Waals surface area contributed by atoms with Crippen LogP contribution in [0.1, 0.15) is 18.4 Å². The van der Waals surface area contributed by atoms with Crippen molar-refractivity contribution in [3.8, 4) is 5.75 Å². The lowest BCUT2D eigenvalue weighted by Gasteiger charge is -2.10. The van der Waals surface area contributed by atoms with E-state index in [1.807, 2.05) is 0 Å². The van der Waals surface area contributed by atoms with Crippen LogP contribution in [0.4, 0.5) is 0 Å². The molecule has 0 unspecified atom stereocenters. The van der Waals surface area contributed by atoms with Crippen molar-refractivity contribution in [3.63, 3.8) is 0 Å². The summed E-state index contributed by atoms with van der Waals surface area (Å²) in [6.45, 7) is 0. The predicted molar refractivity (Wildman–Crippen MR) is 79.2 cm³/mol. The van der Waals surface area contributed by atoms with Crippen LogP contribution in [0, 0.1) is 0 Å². The molecule has 1 aromatic carbocycles. The van der Waals surface area contributed by atoms with Crippen LogP contribution in [0.5, 0.6) is 5.75 Å². The molecule has 0 aromatic heterocycles. The van der Waals surface area contributed by atoms with Gasteiger partial charge in [0.05, 0.1) is 13.5 Å². The van der Waals surface area contributed by atoms with Crippen molar-refractivity contribution in [1.82, 2.24) is 16.2 Å². The summed E-state index contributed by atoms with van der Waals surface area (Å²) in [5.41, 5.74) is 4.81. The highest BCUT2D eigenvalue weighted by atomic mass is 35.5. The second-order valence-electron chi connectivity index (χ2n) is 4.88. The Kier molecular flexibility index (Phi) is 5.21. The number of hydrogen-bond acceptors (Lipinski definition) is 4. The van der Waals surface area contributed by atoms with Gasteiger partial charge in [-0.05, 0) is 31.0 Å². The molecule has 1 aliphatic carbocycles. The SMILES string of the molecule is COc1ccc(Cl)cc1CC(=O)NNC(=O)C(=O)NC1CC1. The summed E-state index contributed by atoms with van der Waals surface area (Å²) in [5.74, 6) is -1.65. The molecule has 1 fully saturated rings. The molecule has 1 aliphatic rings. The summed E-state index contributed by atoms with van der Waals surface area (Å²) < 4.78 is 5.13. The van der Waals surface area contributed by atoms with E-state index < -0.39 is 17.7 Å². The molecule has 2 rings (SSSR count). The van der Waals surface area contributed by atoms with Crippen LogP contribution in [0.3, 0.4) is 0 Å². The topological polar surface area (TPSA) is 96.5 Å². The van der Waals surface area contributed by atoms with Crippen molar-refractivity contribution >= 4 is 29.3 Å². The summed E-state index contributed by atoms with van der Waals surface area (Å²) in [4.78, 5) is 34.7. The quantitative estimate of drug-likeness (QED) is 0.548. The van der Waals surface area contributed by atoms with Crippen LogP contribution in [0.25, 0.3) is 0 Å². The molecule has 0 radical (unpaired) electrons. The minimum Gasteiger partial charge on any atom is -0.496 e. The Hall–Kier alpha value is -2.28. The van der Waals surface area contributed by atoms with Crippen LogP contribution >= 0.6 is 11.6 Å². The first kappa shape index (κ1) is 16.1. The fourth-order valence-electron chi connectivity index (χ4n) is 1.76. The van der Waals surface area contributed by atoms with E-state index in [0.29, 0.717) is 16.3 Å². The molecule has 0 aliphatic heterocycles. The smallest absolute Gasteiger partial charge is 0.327 e. The lowest BCUT2D eigenvalue weighted by Crippen LogP contribution is -2.49. The first-order chi connectivity index (χ1) is 10.5. The van der Waals surface area contributed by atoms with Gasteiger partial charge in [-0.15, -0.1) is 0 Å². The van der Waals surface area contributed by atoms with Gasteiger partial charge in [-0.2, -0.15) is 0 Å². The molecule has 7 nitrogen and oxygen atoms in total. The second kappa shape index (κ2) is 7.13. The lowest BCUT2D eigenvalue weighted by atomic mass is 10.1. The van der Waals surface area contributed by atoms with E-state index in [1.165, 1.54) is 7.11 Å². The minimum atomic E-state index is -0.904. The second-order valence-corrected chi connectivity index (χ2v) is 5.32. The number of benzene rings is 1. The Bertz CT molecular complexity index is 602. The summed E-state index contributed by atoms with van der Waals surface area (Å²) in [6.07, 6.45) is 1.70. The van der Waals surface area contributed by atoms with Gasteiger partial charge in [-0.3, -0.25) is 25.2 Å². The zero-order valence-corrected chi connectivity index (χ0v) is 12.7. The fourth-order valence-corrected chi connectivity index (χ4v) is 1.96. The van der Waals surface area contributed by atoms with Gasteiger partial charge in [0.15, 0.2) is 0 Å². The maximum absolute atomic E-state index is 11.8. The fraction of sp³-hybridized carbons (Fsp3) is 0.357. The third kappa shape index (κ3) is 4.63. The molecule has 0 heterocycles. The van der Waals surface area contributed by atoms with Gasteiger partial charge in [0, 0.05) is 16.6 Å².